The quantitative estimate of drug-likeness (QED) is 0.543. The highest BCUT2D eigenvalue weighted by Gasteiger charge is 2.02. The van der Waals surface area contributed by atoms with Crippen LogP contribution in [0.5, 0.6) is 0 Å². The lowest BCUT2D eigenvalue weighted by molar-refractivity contribution is -0.110. The Hall–Kier alpha value is -1.23. The summed E-state index contributed by atoms with van der Waals surface area (Å²) in [5, 5.41) is 0. The standard InChI is InChI=1S/C7H7NO3S/c1-12(10,11)8-6-2-4-7(9)5-3-6/h2-5H,1H3. The molecule has 0 unspecified atom stereocenters. The van der Waals surface area contributed by atoms with Crippen molar-refractivity contribution in [2.24, 2.45) is 4.40 Å². The summed E-state index contributed by atoms with van der Waals surface area (Å²) >= 11 is 0. The maximum absolute atomic E-state index is 10.6. The molecule has 0 aromatic heterocycles. The first-order valence-corrected chi connectivity index (χ1v) is 5.02. The topological polar surface area (TPSA) is 63.6 Å². The Bertz CT molecular complexity index is 369. The molecule has 64 valence electrons. The monoisotopic (exact) mass is 185 g/mol. The zero-order chi connectivity index (χ0) is 9.19. The number of sulfonamides is 1. The van der Waals surface area contributed by atoms with Gasteiger partial charge in [-0.25, -0.2) is 8.42 Å². The van der Waals surface area contributed by atoms with Crippen LogP contribution in [0.1, 0.15) is 0 Å². The molecule has 0 bridgehead atoms. The molecule has 1 rings (SSSR count). The summed E-state index contributed by atoms with van der Waals surface area (Å²) in [6.45, 7) is 0. The molecule has 0 aliphatic heterocycles. The SMILES string of the molecule is CS(=O)(=O)N=C1C=CC(=O)C=C1. The van der Waals surface area contributed by atoms with E-state index in [1.165, 1.54) is 24.3 Å². The molecule has 0 radical (unpaired) electrons. The summed E-state index contributed by atoms with van der Waals surface area (Å²) in [6, 6.07) is 0. The van der Waals surface area contributed by atoms with Gasteiger partial charge in [0.1, 0.15) is 0 Å². The third kappa shape index (κ3) is 2.79. The van der Waals surface area contributed by atoms with Gasteiger partial charge < -0.3 is 0 Å². The molecule has 12 heavy (non-hydrogen) atoms. The smallest absolute Gasteiger partial charge is 0.250 e. The fourth-order valence-electron chi connectivity index (χ4n) is 0.698. The maximum atomic E-state index is 10.6. The molecule has 5 heteroatoms. The van der Waals surface area contributed by atoms with Crippen molar-refractivity contribution in [3.63, 3.8) is 0 Å². The van der Waals surface area contributed by atoms with Gasteiger partial charge in [-0.15, -0.1) is 0 Å². The van der Waals surface area contributed by atoms with Gasteiger partial charge >= 0.3 is 0 Å². The van der Waals surface area contributed by atoms with Gasteiger partial charge in [0.15, 0.2) is 5.78 Å². The molecule has 1 aliphatic rings. The van der Waals surface area contributed by atoms with Gasteiger partial charge in [-0.1, -0.05) is 0 Å². The summed E-state index contributed by atoms with van der Waals surface area (Å²) in [5.41, 5.74) is 0.275. The molecule has 0 aromatic rings. The van der Waals surface area contributed by atoms with Crippen LogP contribution in [-0.2, 0) is 14.8 Å². The molecule has 0 saturated carbocycles. The number of hydrogen-bond acceptors (Lipinski definition) is 3. The zero-order valence-electron chi connectivity index (χ0n) is 6.39. The van der Waals surface area contributed by atoms with Gasteiger partial charge in [0.25, 0.3) is 10.0 Å². The second-order valence-electron chi connectivity index (χ2n) is 2.32. The third-order valence-corrected chi connectivity index (χ3v) is 1.65. The number of ketones is 1. The molecule has 0 spiro atoms. The number of nitrogens with zero attached hydrogens (tertiary/aromatic N) is 1. The predicted octanol–water partition coefficient (Wildman–Crippen LogP) is 0.0821. The molecule has 0 heterocycles. The van der Waals surface area contributed by atoms with Crippen LogP contribution in [-0.4, -0.2) is 26.2 Å². The number of hydrogen-bond donors (Lipinski definition) is 0. The number of rotatable bonds is 1. The van der Waals surface area contributed by atoms with Crippen molar-refractivity contribution in [2.75, 3.05) is 6.26 Å². The molecule has 0 amide bonds. The number of carbonyl (C=O) groups excluding carboxylic acids is 1. The molecular weight excluding hydrogens is 178 g/mol. The van der Waals surface area contributed by atoms with Crippen LogP contribution in [0.3, 0.4) is 0 Å². The highest BCUT2D eigenvalue weighted by molar-refractivity contribution is 7.89. The Morgan fingerprint density at radius 1 is 1.17 bits per heavy atom. The average Bonchev–Trinajstić information content (AvgIpc) is 1.91. The predicted molar refractivity (Wildman–Crippen MR) is 45.6 cm³/mol. The lowest BCUT2D eigenvalue weighted by Gasteiger charge is -1.96. The minimum Gasteiger partial charge on any atom is -0.290 e. The molecule has 0 fully saturated rings. The van der Waals surface area contributed by atoms with Gasteiger partial charge in [0.05, 0.1) is 12.0 Å². The minimum atomic E-state index is -3.37. The van der Waals surface area contributed by atoms with Crippen molar-refractivity contribution >= 4 is 21.5 Å². The van der Waals surface area contributed by atoms with E-state index in [0.717, 1.165) is 6.26 Å². The maximum Gasteiger partial charge on any atom is 0.250 e. The second-order valence-corrected chi connectivity index (χ2v) is 3.97. The summed E-state index contributed by atoms with van der Waals surface area (Å²) in [6.07, 6.45) is 6.26. The lowest BCUT2D eigenvalue weighted by atomic mass is 10.2. The van der Waals surface area contributed by atoms with Gasteiger partial charge in [0, 0.05) is 0 Å². The Kier molecular flexibility index (Phi) is 2.23. The van der Waals surface area contributed by atoms with Gasteiger partial charge in [0.2, 0.25) is 0 Å². The van der Waals surface area contributed by atoms with Gasteiger partial charge in [-0.05, 0) is 24.3 Å². The normalized spacial score (nSPS) is 16.8. The van der Waals surface area contributed by atoms with Crippen molar-refractivity contribution in [3.8, 4) is 0 Å². The van der Waals surface area contributed by atoms with E-state index in [1.54, 1.807) is 0 Å². The van der Waals surface area contributed by atoms with Crippen LogP contribution in [0.25, 0.3) is 0 Å². The largest absolute Gasteiger partial charge is 0.290 e. The number of allylic oxidation sites excluding steroid dienone is 4. The van der Waals surface area contributed by atoms with Gasteiger partial charge in [-0.2, -0.15) is 4.40 Å². The first-order valence-electron chi connectivity index (χ1n) is 3.17. The summed E-state index contributed by atoms with van der Waals surface area (Å²) in [5.74, 6) is -0.164. The minimum absolute atomic E-state index is 0.164. The van der Waals surface area contributed by atoms with Crippen molar-refractivity contribution in [3.05, 3.63) is 24.3 Å². The fraction of sp³-hybridized carbons (Fsp3) is 0.143. The second kappa shape index (κ2) is 3.02. The zero-order valence-corrected chi connectivity index (χ0v) is 7.21. The third-order valence-electron chi connectivity index (χ3n) is 1.11. The van der Waals surface area contributed by atoms with Crippen LogP contribution >= 0.6 is 0 Å². The molecular formula is C7H7NO3S. The van der Waals surface area contributed by atoms with Crippen molar-refractivity contribution in [2.45, 2.75) is 0 Å². The Morgan fingerprint density at radius 2 is 1.67 bits per heavy atom. The van der Waals surface area contributed by atoms with E-state index < -0.39 is 10.0 Å². The molecule has 0 aromatic carbocycles. The van der Waals surface area contributed by atoms with Crippen LogP contribution in [0.15, 0.2) is 28.7 Å². The van der Waals surface area contributed by atoms with Crippen LogP contribution in [0.2, 0.25) is 0 Å². The fourth-order valence-corrected chi connectivity index (χ4v) is 1.20. The summed E-state index contributed by atoms with van der Waals surface area (Å²) < 4.78 is 24.6. The first kappa shape index (κ1) is 8.86. The van der Waals surface area contributed by atoms with E-state index in [4.69, 9.17) is 0 Å². The van der Waals surface area contributed by atoms with Crippen LogP contribution in [0, 0.1) is 0 Å². The highest BCUT2D eigenvalue weighted by Crippen LogP contribution is 1.98. The average molecular weight is 185 g/mol. The van der Waals surface area contributed by atoms with Crippen molar-refractivity contribution in [1.29, 1.82) is 0 Å². The molecule has 0 saturated heterocycles. The Morgan fingerprint density at radius 3 is 2.08 bits per heavy atom. The Balaban J connectivity index is 2.96. The molecule has 4 nitrogen and oxygen atoms in total. The van der Waals surface area contributed by atoms with E-state index in [2.05, 4.69) is 4.40 Å². The van der Waals surface area contributed by atoms with E-state index in [1.807, 2.05) is 0 Å². The van der Waals surface area contributed by atoms with Crippen LogP contribution < -0.4 is 0 Å². The van der Waals surface area contributed by atoms with E-state index in [9.17, 15) is 13.2 Å². The highest BCUT2D eigenvalue weighted by atomic mass is 32.2. The molecule has 0 N–H and O–H groups in total. The van der Waals surface area contributed by atoms with E-state index in [0.29, 0.717) is 0 Å². The summed E-state index contributed by atoms with van der Waals surface area (Å²) in [7, 11) is -3.37. The first-order chi connectivity index (χ1) is 5.47. The molecule has 1 aliphatic carbocycles. The lowest BCUT2D eigenvalue weighted by Crippen LogP contribution is -2.02. The van der Waals surface area contributed by atoms with Crippen LogP contribution in [0.4, 0.5) is 0 Å². The van der Waals surface area contributed by atoms with Crippen molar-refractivity contribution < 1.29 is 13.2 Å². The Labute approximate surface area is 70.4 Å². The van der Waals surface area contributed by atoms with E-state index in [-0.39, 0.29) is 11.5 Å². The molecule has 0 atom stereocenters. The van der Waals surface area contributed by atoms with E-state index >= 15 is 0 Å². The van der Waals surface area contributed by atoms with Gasteiger partial charge in [-0.3, -0.25) is 4.79 Å². The summed E-state index contributed by atoms with van der Waals surface area (Å²) in [4.78, 5) is 10.6. The number of carbonyl (C=O) groups is 1. The van der Waals surface area contributed by atoms with Crippen molar-refractivity contribution in [1.82, 2.24) is 0 Å².